The summed E-state index contributed by atoms with van der Waals surface area (Å²) >= 11 is 0. The Bertz CT molecular complexity index is 443. The lowest BCUT2D eigenvalue weighted by molar-refractivity contribution is -0.0469. The summed E-state index contributed by atoms with van der Waals surface area (Å²) in [6.07, 6.45) is 4.29. The van der Waals surface area contributed by atoms with Gasteiger partial charge in [-0.15, -0.1) is 0 Å². The van der Waals surface area contributed by atoms with Crippen molar-refractivity contribution in [3.05, 3.63) is 11.7 Å². The Hall–Kier alpha value is -0.980. The highest BCUT2D eigenvalue weighted by Gasteiger charge is 2.42. The average Bonchev–Trinajstić information content (AvgIpc) is 3.18. The van der Waals surface area contributed by atoms with Crippen LogP contribution in [0.25, 0.3) is 0 Å². The normalized spacial score (nSPS) is 29.1. The Morgan fingerprint density at radius 2 is 2.15 bits per heavy atom. The van der Waals surface area contributed by atoms with Crippen molar-refractivity contribution in [2.75, 3.05) is 26.9 Å². The minimum atomic E-state index is -0.328. The maximum Gasteiger partial charge on any atom is 0.233 e. The van der Waals surface area contributed by atoms with E-state index in [0.717, 1.165) is 25.7 Å². The molecule has 1 aliphatic heterocycles. The third kappa shape index (κ3) is 2.36. The minimum Gasteiger partial charge on any atom is -0.379 e. The van der Waals surface area contributed by atoms with Crippen LogP contribution in [0.3, 0.4) is 0 Å². The first-order valence-corrected chi connectivity index (χ1v) is 7.52. The summed E-state index contributed by atoms with van der Waals surface area (Å²) in [6.45, 7) is 4.02. The van der Waals surface area contributed by atoms with Crippen molar-refractivity contribution in [3.63, 3.8) is 0 Å². The summed E-state index contributed by atoms with van der Waals surface area (Å²) in [5.41, 5.74) is -0.328. The fourth-order valence-corrected chi connectivity index (χ4v) is 3.31. The fourth-order valence-electron chi connectivity index (χ4n) is 3.31. The minimum absolute atomic E-state index is 0.140. The molecule has 2 fully saturated rings. The quantitative estimate of drug-likeness (QED) is 0.883. The molecule has 6 heteroatoms. The number of hydrogen-bond donors (Lipinski definition) is 1. The molecule has 0 spiro atoms. The van der Waals surface area contributed by atoms with Gasteiger partial charge in [0.05, 0.1) is 19.1 Å². The summed E-state index contributed by atoms with van der Waals surface area (Å²) in [6, 6.07) is 0.245. The highest BCUT2D eigenvalue weighted by molar-refractivity contribution is 5.08. The zero-order valence-electron chi connectivity index (χ0n) is 12.2. The van der Waals surface area contributed by atoms with E-state index in [4.69, 9.17) is 14.0 Å². The van der Waals surface area contributed by atoms with Gasteiger partial charge in [-0.1, -0.05) is 5.16 Å². The van der Waals surface area contributed by atoms with Gasteiger partial charge in [0.1, 0.15) is 5.60 Å². The molecule has 1 aliphatic carbocycles. The van der Waals surface area contributed by atoms with Crippen molar-refractivity contribution in [2.24, 2.45) is 0 Å². The molecule has 20 heavy (non-hydrogen) atoms. The summed E-state index contributed by atoms with van der Waals surface area (Å²) < 4.78 is 17.0. The number of ether oxygens (including phenoxy) is 2. The average molecular weight is 281 g/mol. The van der Waals surface area contributed by atoms with Crippen LogP contribution in [0.5, 0.6) is 0 Å². The van der Waals surface area contributed by atoms with E-state index in [2.05, 4.69) is 15.5 Å². The van der Waals surface area contributed by atoms with Crippen molar-refractivity contribution in [1.29, 1.82) is 0 Å². The largest absolute Gasteiger partial charge is 0.379 e. The van der Waals surface area contributed by atoms with Crippen molar-refractivity contribution in [2.45, 2.75) is 50.2 Å². The molecule has 0 aromatic carbocycles. The monoisotopic (exact) mass is 281 g/mol. The molecule has 112 valence electrons. The lowest BCUT2D eigenvalue weighted by Gasteiger charge is -2.24. The van der Waals surface area contributed by atoms with E-state index < -0.39 is 0 Å². The maximum absolute atomic E-state index is 5.97. The molecule has 1 saturated heterocycles. The molecule has 2 heterocycles. The fraction of sp³-hybridized carbons (Fsp3) is 0.857. The van der Waals surface area contributed by atoms with E-state index in [1.807, 2.05) is 14.0 Å². The lowest BCUT2D eigenvalue weighted by atomic mass is 10.0. The highest BCUT2D eigenvalue weighted by Crippen LogP contribution is 2.41. The Balaban J connectivity index is 1.82. The van der Waals surface area contributed by atoms with Gasteiger partial charge in [-0.3, -0.25) is 0 Å². The Labute approximate surface area is 119 Å². The van der Waals surface area contributed by atoms with Crippen LogP contribution in [0.4, 0.5) is 0 Å². The molecule has 1 N–H and O–H groups in total. The van der Waals surface area contributed by atoms with Crippen molar-refractivity contribution in [1.82, 2.24) is 15.5 Å². The van der Waals surface area contributed by atoms with Crippen LogP contribution >= 0.6 is 0 Å². The van der Waals surface area contributed by atoms with Crippen molar-refractivity contribution < 1.29 is 14.0 Å². The van der Waals surface area contributed by atoms with Gasteiger partial charge in [-0.2, -0.15) is 4.98 Å². The van der Waals surface area contributed by atoms with E-state index in [1.165, 1.54) is 0 Å². The number of nitrogens with one attached hydrogen (secondary N) is 1. The summed E-state index contributed by atoms with van der Waals surface area (Å²) in [7, 11) is 1.93. The molecule has 6 nitrogen and oxygen atoms in total. The van der Waals surface area contributed by atoms with Gasteiger partial charge in [-0.25, -0.2) is 0 Å². The summed E-state index contributed by atoms with van der Waals surface area (Å²) in [5.74, 6) is 1.53. The smallest absolute Gasteiger partial charge is 0.233 e. The Kier molecular flexibility index (Phi) is 4.05. The molecule has 2 atom stereocenters. The standard InChI is InChI=1S/C14H23N3O3/c1-3-19-14(6-4-5-7-14)13-16-12(20-17-13)10-8-18-9-11(10)15-2/h10-11,15H,3-9H2,1-2H3. The maximum atomic E-state index is 5.97. The van der Waals surface area contributed by atoms with E-state index in [0.29, 0.717) is 31.5 Å². The molecular formula is C14H23N3O3. The second kappa shape index (κ2) is 5.79. The summed E-state index contributed by atoms with van der Waals surface area (Å²) in [5, 5.41) is 7.45. The molecule has 0 bridgehead atoms. The van der Waals surface area contributed by atoms with Crippen LogP contribution in [0.15, 0.2) is 4.52 Å². The Morgan fingerprint density at radius 1 is 1.35 bits per heavy atom. The van der Waals surface area contributed by atoms with Crippen LogP contribution in [0.1, 0.15) is 50.2 Å². The SMILES string of the molecule is CCOC1(c2noc(C3COCC3NC)n2)CCCC1. The van der Waals surface area contributed by atoms with E-state index >= 15 is 0 Å². The first kappa shape index (κ1) is 14.0. The number of hydrogen-bond acceptors (Lipinski definition) is 6. The number of nitrogens with zero attached hydrogens (tertiary/aromatic N) is 2. The number of aromatic nitrogens is 2. The first-order chi connectivity index (χ1) is 9.79. The second-order valence-electron chi connectivity index (χ2n) is 5.63. The predicted octanol–water partition coefficient (Wildman–Crippen LogP) is 1.58. The zero-order valence-corrected chi connectivity index (χ0v) is 12.2. The molecule has 0 radical (unpaired) electrons. The second-order valence-corrected chi connectivity index (χ2v) is 5.63. The molecule has 2 aliphatic rings. The van der Waals surface area contributed by atoms with E-state index in [1.54, 1.807) is 0 Å². The summed E-state index contributed by atoms with van der Waals surface area (Å²) in [4.78, 5) is 4.64. The van der Waals surface area contributed by atoms with Gasteiger partial charge < -0.3 is 19.3 Å². The highest BCUT2D eigenvalue weighted by atomic mass is 16.5. The zero-order chi connectivity index (χ0) is 14.0. The topological polar surface area (TPSA) is 69.4 Å². The molecule has 1 aromatic heterocycles. The van der Waals surface area contributed by atoms with Gasteiger partial charge in [-0.05, 0) is 39.7 Å². The third-order valence-electron chi connectivity index (χ3n) is 4.45. The molecule has 0 amide bonds. The van der Waals surface area contributed by atoms with Crippen molar-refractivity contribution >= 4 is 0 Å². The molecule has 2 unspecified atom stereocenters. The van der Waals surface area contributed by atoms with Gasteiger partial charge in [0.15, 0.2) is 0 Å². The van der Waals surface area contributed by atoms with E-state index in [9.17, 15) is 0 Å². The van der Waals surface area contributed by atoms with Gasteiger partial charge in [0, 0.05) is 12.6 Å². The van der Waals surface area contributed by atoms with Gasteiger partial charge >= 0.3 is 0 Å². The van der Waals surface area contributed by atoms with Crippen LogP contribution in [0, 0.1) is 0 Å². The number of likely N-dealkylation sites (N-methyl/N-ethyl adjacent to an activating group) is 1. The van der Waals surface area contributed by atoms with Crippen molar-refractivity contribution in [3.8, 4) is 0 Å². The molecular weight excluding hydrogens is 258 g/mol. The molecule has 1 saturated carbocycles. The number of rotatable bonds is 5. The van der Waals surface area contributed by atoms with Crippen LogP contribution in [-0.4, -0.2) is 43.1 Å². The lowest BCUT2D eigenvalue weighted by Crippen LogP contribution is -2.31. The Morgan fingerprint density at radius 3 is 2.85 bits per heavy atom. The van der Waals surface area contributed by atoms with Gasteiger partial charge in [0.2, 0.25) is 11.7 Å². The van der Waals surface area contributed by atoms with E-state index in [-0.39, 0.29) is 17.6 Å². The van der Waals surface area contributed by atoms with Gasteiger partial charge in [0.25, 0.3) is 0 Å². The van der Waals surface area contributed by atoms with Crippen LogP contribution < -0.4 is 5.32 Å². The molecule has 1 aromatic rings. The first-order valence-electron chi connectivity index (χ1n) is 7.52. The predicted molar refractivity (Wildman–Crippen MR) is 72.5 cm³/mol. The van der Waals surface area contributed by atoms with Crippen LogP contribution in [0.2, 0.25) is 0 Å². The third-order valence-corrected chi connectivity index (χ3v) is 4.45. The van der Waals surface area contributed by atoms with Crippen LogP contribution in [-0.2, 0) is 15.1 Å². The molecule has 3 rings (SSSR count).